The van der Waals surface area contributed by atoms with Crippen molar-refractivity contribution in [1.82, 2.24) is 5.32 Å². The van der Waals surface area contributed by atoms with E-state index in [0.29, 0.717) is 5.56 Å². The van der Waals surface area contributed by atoms with E-state index in [0.717, 1.165) is 5.56 Å². The molecule has 1 aromatic carbocycles. The zero-order valence-electron chi connectivity index (χ0n) is 11.1. The van der Waals surface area contributed by atoms with E-state index in [9.17, 15) is 9.59 Å². The standard InChI is InChI=1S/C14H14N2O4/c1-8-3-5-9(6-4-8)11-7-10(16-19)12(13(17)15-2)14(18)20-11/h3-7,16,19H,1-2H3,(H,15,17). The van der Waals surface area contributed by atoms with Crippen LogP contribution in [0.4, 0.5) is 5.69 Å². The third kappa shape index (κ3) is 2.55. The van der Waals surface area contributed by atoms with Crippen LogP contribution in [0.25, 0.3) is 11.3 Å². The average molecular weight is 274 g/mol. The summed E-state index contributed by atoms with van der Waals surface area (Å²) in [6, 6.07) is 8.71. The van der Waals surface area contributed by atoms with Gasteiger partial charge in [0.2, 0.25) is 0 Å². The third-order valence-corrected chi connectivity index (χ3v) is 2.86. The van der Waals surface area contributed by atoms with E-state index >= 15 is 0 Å². The first-order valence-corrected chi connectivity index (χ1v) is 5.94. The number of rotatable bonds is 3. The minimum absolute atomic E-state index is 0.00354. The monoisotopic (exact) mass is 274 g/mol. The van der Waals surface area contributed by atoms with E-state index in [-0.39, 0.29) is 17.0 Å². The molecular formula is C14H14N2O4. The highest BCUT2D eigenvalue weighted by Crippen LogP contribution is 2.23. The molecule has 0 spiro atoms. The second-order valence-electron chi connectivity index (χ2n) is 4.24. The fourth-order valence-electron chi connectivity index (χ4n) is 1.78. The molecular weight excluding hydrogens is 260 g/mol. The van der Waals surface area contributed by atoms with Gasteiger partial charge in [0.15, 0.2) is 5.56 Å². The summed E-state index contributed by atoms with van der Waals surface area (Å²) in [5.41, 5.74) is 2.50. The summed E-state index contributed by atoms with van der Waals surface area (Å²) >= 11 is 0. The zero-order chi connectivity index (χ0) is 14.7. The van der Waals surface area contributed by atoms with Gasteiger partial charge in [-0.25, -0.2) is 4.79 Å². The molecule has 20 heavy (non-hydrogen) atoms. The molecule has 0 radical (unpaired) electrons. The fraction of sp³-hybridized carbons (Fsp3) is 0.143. The number of carbonyl (C=O) groups is 1. The van der Waals surface area contributed by atoms with Crippen molar-refractivity contribution in [3.63, 3.8) is 0 Å². The highest BCUT2D eigenvalue weighted by Gasteiger charge is 2.18. The van der Waals surface area contributed by atoms with Gasteiger partial charge >= 0.3 is 5.63 Å². The number of hydrogen-bond donors (Lipinski definition) is 3. The van der Waals surface area contributed by atoms with Crippen molar-refractivity contribution < 1.29 is 14.4 Å². The Bertz CT molecular complexity index is 689. The molecule has 0 atom stereocenters. The second kappa shape index (κ2) is 5.58. The average Bonchev–Trinajstić information content (AvgIpc) is 2.46. The van der Waals surface area contributed by atoms with E-state index in [4.69, 9.17) is 9.62 Å². The van der Waals surface area contributed by atoms with Crippen molar-refractivity contribution in [1.29, 1.82) is 0 Å². The molecule has 0 aliphatic heterocycles. The first kappa shape index (κ1) is 13.8. The van der Waals surface area contributed by atoms with E-state index in [2.05, 4.69) is 5.32 Å². The van der Waals surface area contributed by atoms with Gasteiger partial charge in [0.1, 0.15) is 5.76 Å². The molecule has 104 valence electrons. The molecule has 0 aliphatic rings. The Morgan fingerprint density at radius 3 is 2.45 bits per heavy atom. The Morgan fingerprint density at radius 1 is 1.25 bits per heavy atom. The van der Waals surface area contributed by atoms with E-state index in [1.807, 2.05) is 24.5 Å². The van der Waals surface area contributed by atoms with Gasteiger partial charge in [-0.2, -0.15) is 0 Å². The fourth-order valence-corrected chi connectivity index (χ4v) is 1.78. The Kier molecular flexibility index (Phi) is 3.86. The Balaban J connectivity index is 2.58. The predicted octanol–water partition coefficient (Wildman–Crippen LogP) is 1.78. The molecule has 3 N–H and O–H groups in total. The lowest BCUT2D eigenvalue weighted by atomic mass is 10.1. The number of benzene rings is 1. The minimum atomic E-state index is -0.820. The maximum atomic E-state index is 11.9. The van der Waals surface area contributed by atoms with Crippen LogP contribution in [0.5, 0.6) is 0 Å². The van der Waals surface area contributed by atoms with Gasteiger partial charge in [0.25, 0.3) is 5.91 Å². The number of hydrogen-bond acceptors (Lipinski definition) is 5. The first-order valence-electron chi connectivity index (χ1n) is 5.94. The Labute approximate surface area is 115 Å². The maximum Gasteiger partial charge on any atom is 0.351 e. The molecule has 0 saturated heterocycles. The normalized spacial score (nSPS) is 10.2. The first-order chi connectivity index (χ1) is 9.56. The number of aryl methyl sites for hydroxylation is 1. The number of nitrogens with one attached hydrogen (secondary N) is 2. The smallest absolute Gasteiger partial charge is 0.351 e. The summed E-state index contributed by atoms with van der Waals surface area (Å²) in [6.07, 6.45) is 0. The highest BCUT2D eigenvalue weighted by atomic mass is 16.5. The lowest BCUT2D eigenvalue weighted by Gasteiger charge is -2.08. The van der Waals surface area contributed by atoms with E-state index < -0.39 is 11.5 Å². The molecule has 6 nitrogen and oxygen atoms in total. The van der Waals surface area contributed by atoms with Gasteiger partial charge < -0.3 is 9.73 Å². The van der Waals surface area contributed by atoms with E-state index in [1.54, 1.807) is 12.1 Å². The molecule has 0 unspecified atom stereocenters. The van der Waals surface area contributed by atoms with Crippen molar-refractivity contribution in [2.24, 2.45) is 0 Å². The van der Waals surface area contributed by atoms with Crippen molar-refractivity contribution in [2.75, 3.05) is 12.5 Å². The molecule has 1 aromatic heterocycles. The number of anilines is 1. The largest absolute Gasteiger partial charge is 0.422 e. The number of amides is 1. The summed E-state index contributed by atoms with van der Waals surface area (Å²) in [5.74, 6) is -0.370. The lowest BCUT2D eigenvalue weighted by molar-refractivity contribution is 0.0959. The van der Waals surface area contributed by atoms with Crippen molar-refractivity contribution in [3.05, 3.63) is 51.9 Å². The van der Waals surface area contributed by atoms with Crippen molar-refractivity contribution >= 4 is 11.6 Å². The van der Waals surface area contributed by atoms with E-state index in [1.165, 1.54) is 13.1 Å². The SMILES string of the molecule is CNC(=O)c1c(NO)cc(-c2ccc(C)cc2)oc1=O. The van der Waals surface area contributed by atoms with Crippen LogP contribution in [0, 0.1) is 6.92 Å². The van der Waals surface area contributed by atoms with Crippen LogP contribution in [0.2, 0.25) is 0 Å². The second-order valence-corrected chi connectivity index (χ2v) is 4.24. The predicted molar refractivity (Wildman–Crippen MR) is 74.0 cm³/mol. The van der Waals surface area contributed by atoms with Gasteiger partial charge in [-0.3, -0.25) is 15.5 Å². The molecule has 0 fully saturated rings. The summed E-state index contributed by atoms with van der Waals surface area (Å²) < 4.78 is 5.13. The number of carbonyl (C=O) groups excluding carboxylic acids is 1. The zero-order valence-corrected chi connectivity index (χ0v) is 11.1. The van der Waals surface area contributed by atoms with Crippen LogP contribution >= 0.6 is 0 Å². The van der Waals surface area contributed by atoms with Crippen LogP contribution in [0.3, 0.4) is 0 Å². The lowest BCUT2D eigenvalue weighted by Crippen LogP contribution is -2.26. The molecule has 1 heterocycles. The Morgan fingerprint density at radius 2 is 1.90 bits per heavy atom. The molecule has 1 amide bonds. The quantitative estimate of drug-likeness (QED) is 0.742. The minimum Gasteiger partial charge on any atom is -0.422 e. The third-order valence-electron chi connectivity index (χ3n) is 2.86. The van der Waals surface area contributed by atoms with Crippen molar-refractivity contribution in [2.45, 2.75) is 6.92 Å². The molecule has 0 aliphatic carbocycles. The summed E-state index contributed by atoms with van der Waals surface area (Å²) in [5, 5.41) is 11.4. The maximum absolute atomic E-state index is 11.9. The van der Waals surface area contributed by atoms with Gasteiger partial charge in [-0.1, -0.05) is 29.8 Å². The van der Waals surface area contributed by atoms with Gasteiger partial charge in [-0.05, 0) is 6.92 Å². The topological polar surface area (TPSA) is 91.6 Å². The summed E-state index contributed by atoms with van der Waals surface area (Å²) in [7, 11) is 1.39. The summed E-state index contributed by atoms with van der Waals surface area (Å²) in [4.78, 5) is 23.5. The van der Waals surface area contributed by atoms with Crippen LogP contribution in [0.1, 0.15) is 15.9 Å². The molecule has 0 saturated carbocycles. The molecule has 2 rings (SSSR count). The molecule has 0 bridgehead atoms. The van der Waals surface area contributed by atoms with Crippen LogP contribution in [-0.4, -0.2) is 18.2 Å². The van der Waals surface area contributed by atoms with Crippen LogP contribution < -0.4 is 16.4 Å². The van der Waals surface area contributed by atoms with Gasteiger partial charge in [0, 0.05) is 18.7 Å². The molecule has 2 aromatic rings. The van der Waals surface area contributed by atoms with Gasteiger partial charge in [0.05, 0.1) is 5.69 Å². The van der Waals surface area contributed by atoms with Gasteiger partial charge in [-0.15, -0.1) is 0 Å². The summed E-state index contributed by atoms with van der Waals surface area (Å²) in [6.45, 7) is 1.94. The van der Waals surface area contributed by atoms with Crippen LogP contribution in [0.15, 0.2) is 39.5 Å². The van der Waals surface area contributed by atoms with Crippen molar-refractivity contribution in [3.8, 4) is 11.3 Å². The van der Waals surface area contributed by atoms with Crippen LogP contribution in [-0.2, 0) is 0 Å². The highest BCUT2D eigenvalue weighted by molar-refractivity contribution is 5.99. The molecule has 6 heteroatoms. The Hall–Kier alpha value is -2.60.